The van der Waals surface area contributed by atoms with Gasteiger partial charge in [0.15, 0.2) is 16.6 Å². The summed E-state index contributed by atoms with van der Waals surface area (Å²) in [5, 5.41) is 0. The Labute approximate surface area is 207 Å². The smallest absolute Gasteiger partial charge is 0.315 e. The van der Waals surface area contributed by atoms with Crippen LogP contribution in [0.25, 0.3) is 0 Å². The largest absolute Gasteiger partial charge is 0.469 e. The van der Waals surface area contributed by atoms with E-state index in [4.69, 9.17) is 18.3 Å². The summed E-state index contributed by atoms with van der Waals surface area (Å²) < 4.78 is 25.7. The summed E-state index contributed by atoms with van der Waals surface area (Å²) in [5.41, 5.74) is -1.74. The van der Waals surface area contributed by atoms with E-state index >= 15 is 0 Å². The molecule has 0 N–H and O–H groups in total. The van der Waals surface area contributed by atoms with Gasteiger partial charge in [-0.2, -0.15) is 0 Å². The molecule has 0 radical (unpaired) electrons. The van der Waals surface area contributed by atoms with Crippen LogP contribution in [-0.2, 0) is 27.9 Å². The fourth-order valence-electron chi connectivity index (χ4n) is 9.35. The van der Waals surface area contributed by atoms with Crippen molar-refractivity contribution in [3.63, 3.8) is 0 Å². The third-order valence-electron chi connectivity index (χ3n) is 10.00. The predicted octanol–water partition coefficient (Wildman–Crippen LogP) is 4.99. The van der Waals surface area contributed by atoms with Gasteiger partial charge in [-0.1, -0.05) is 6.92 Å². The average Bonchev–Trinajstić information content (AvgIpc) is 3.15. The van der Waals surface area contributed by atoms with Gasteiger partial charge in [0, 0.05) is 18.3 Å². The number of carbonyl (C=O) groups is 2. The molecule has 4 aliphatic carbocycles. The van der Waals surface area contributed by atoms with E-state index in [0.717, 1.165) is 25.7 Å². The summed E-state index contributed by atoms with van der Waals surface area (Å²) in [5.74, 6) is 0.501. The summed E-state index contributed by atoms with van der Waals surface area (Å²) in [6.45, 7) is 17.5. The highest BCUT2D eigenvalue weighted by Crippen LogP contribution is 2.78. The van der Waals surface area contributed by atoms with Gasteiger partial charge < -0.3 is 18.3 Å². The Kier molecular flexibility index (Phi) is 5.45. The highest BCUT2D eigenvalue weighted by molar-refractivity contribution is 6.70. The van der Waals surface area contributed by atoms with E-state index in [-0.39, 0.29) is 41.2 Å². The molecule has 1 heterocycles. The molecule has 0 aromatic heterocycles. The second-order valence-electron chi connectivity index (χ2n) is 14.2. The number of rotatable bonds is 5. The van der Waals surface area contributed by atoms with E-state index in [1.54, 1.807) is 0 Å². The van der Waals surface area contributed by atoms with Crippen molar-refractivity contribution >= 4 is 28.6 Å². The van der Waals surface area contributed by atoms with Crippen molar-refractivity contribution in [3.8, 4) is 0 Å². The number of ether oxygens (including phenoxy) is 2. The van der Waals surface area contributed by atoms with Gasteiger partial charge in [0.25, 0.3) is 0 Å². The van der Waals surface area contributed by atoms with Crippen LogP contribution in [0.2, 0.25) is 39.3 Å². The van der Waals surface area contributed by atoms with Crippen LogP contribution in [0.1, 0.15) is 46.0 Å². The molecule has 5 rings (SSSR count). The molecule has 0 aromatic carbocycles. The van der Waals surface area contributed by atoms with Gasteiger partial charge in [-0.25, -0.2) is 0 Å². The highest BCUT2D eigenvalue weighted by Gasteiger charge is 2.85. The molecule has 6 nitrogen and oxygen atoms in total. The number of methoxy groups -OCH3 is 1. The number of hydrogen-bond donors (Lipinski definition) is 0. The zero-order valence-corrected chi connectivity index (χ0v) is 24.5. The van der Waals surface area contributed by atoms with E-state index < -0.39 is 33.8 Å². The average molecular weight is 509 g/mol. The van der Waals surface area contributed by atoms with Gasteiger partial charge >= 0.3 is 11.9 Å². The van der Waals surface area contributed by atoms with Gasteiger partial charge in [-0.3, -0.25) is 9.59 Å². The van der Waals surface area contributed by atoms with Crippen LogP contribution < -0.4 is 0 Å². The molecule has 1 aliphatic heterocycles. The van der Waals surface area contributed by atoms with Gasteiger partial charge in [0.1, 0.15) is 5.60 Å². The molecular formula is C26H44O6Si2. The molecule has 1 spiro atoms. The van der Waals surface area contributed by atoms with E-state index in [0.29, 0.717) is 18.3 Å². The summed E-state index contributed by atoms with van der Waals surface area (Å²) in [6, 6.07) is 0. The summed E-state index contributed by atoms with van der Waals surface area (Å²) in [4.78, 5) is 27.5. The number of fused-ring (bicyclic) bond motifs is 1. The first-order valence-corrected chi connectivity index (χ1v) is 20.1. The zero-order valence-electron chi connectivity index (χ0n) is 22.5. The molecule has 5 aliphatic rings. The molecule has 4 saturated carbocycles. The number of esters is 2. The monoisotopic (exact) mass is 508 g/mol. The van der Waals surface area contributed by atoms with Crippen molar-refractivity contribution in [1.29, 1.82) is 0 Å². The normalized spacial score (nSPS) is 49.4. The molecular weight excluding hydrogens is 464 g/mol. The third kappa shape index (κ3) is 3.23. The van der Waals surface area contributed by atoms with Crippen molar-refractivity contribution in [2.75, 3.05) is 7.11 Å². The fourth-order valence-corrected chi connectivity index (χ4v) is 11.6. The van der Waals surface area contributed by atoms with Crippen LogP contribution in [0.15, 0.2) is 0 Å². The van der Waals surface area contributed by atoms with Crippen LogP contribution in [0.3, 0.4) is 0 Å². The lowest BCUT2D eigenvalue weighted by Crippen LogP contribution is -2.63. The second kappa shape index (κ2) is 7.42. The Bertz CT molecular complexity index is 891. The lowest BCUT2D eigenvalue weighted by molar-refractivity contribution is -0.164. The first kappa shape index (κ1) is 25.0. The van der Waals surface area contributed by atoms with Gasteiger partial charge in [-0.15, -0.1) is 0 Å². The summed E-state index contributed by atoms with van der Waals surface area (Å²) >= 11 is 0. The molecule has 34 heavy (non-hydrogen) atoms. The Morgan fingerprint density at radius 2 is 1.65 bits per heavy atom. The van der Waals surface area contributed by atoms with Crippen molar-refractivity contribution < 1.29 is 27.9 Å². The van der Waals surface area contributed by atoms with Gasteiger partial charge in [0.05, 0.1) is 30.7 Å². The minimum Gasteiger partial charge on any atom is -0.469 e. The van der Waals surface area contributed by atoms with Crippen LogP contribution in [0.5, 0.6) is 0 Å². The maximum absolute atomic E-state index is 13.9. The lowest BCUT2D eigenvalue weighted by atomic mass is 9.58. The fraction of sp³-hybridized carbons (Fsp3) is 0.923. The molecule has 8 heteroatoms. The lowest BCUT2D eigenvalue weighted by Gasteiger charge is -2.51. The molecule has 0 aromatic rings. The molecule has 10 atom stereocenters. The van der Waals surface area contributed by atoms with Crippen LogP contribution >= 0.6 is 0 Å². The predicted molar refractivity (Wildman–Crippen MR) is 134 cm³/mol. The second-order valence-corrected chi connectivity index (χ2v) is 23.2. The first-order valence-electron chi connectivity index (χ1n) is 13.3. The minimum atomic E-state index is -2.04. The molecule has 4 bridgehead atoms. The minimum absolute atomic E-state index is 0.153. The van der Waals surface area contributed by atoms with Crippen LogP contribution in [0, 0.1) is 40.4 Å². The molecule has 5 fully saturated rings. The van der Waals surface area contributed by atoms with Gasteiger partial charge in [-0.05, 0) is 89.1 Å². The third-order valence-corrected chi connectivity index (χ3v) is 12.0. The van der Waals surface area contributed by atoms with Crippen molar-refractivity contribution in [2.24, 2.45) is 40.4 Å². The van der Waals surface area contributed by atoms with Crippen LogP contribution in [0.4, 0.5) is 0 Å². The van der Waals surface area contributed by atoms with Crippen molar-refractivity contribution in [1.82, 2.24) is 0 Å². The van der Waals surface area contributed by atoms with E-state index in [9.17, 15) is 9.59 Å². The van der Waals surface area contributed by atoms with Crippen molar-refractivity contribution in [3.05, 3.63) is 0 Å². The quantitative estimate of drug-likeness (QED) is 0.385. The standard InChI is InChI=1S/C26H44O6Si2/c1-15-12-25-13-16(15)10-11-18(25)26-14-17(31-33(4,5)6)21(32-34(7,8)9)24(2,23(28)30-26)20(26)19(25)22(27)29-3/h15-21H,10-14H2,1-9H3/t15?,16?,17-,18+,19+,20+,21-,24?,25-,26+/m0/s1. The summed E-state index contributed by atoms with van der Waals surface area (Å²) in [6.07, 6.45) is 4.27. The van der Waals surface area contributed by atoms with E-state index in [1.807, 2.05) is 6.92 Å². The maximum Gasteiger partial charge on any atom is 0.315 e. The Morgan fingerprint density at radius 1 is 1.00 bits per heavy atom. The number of carbonyl (C=O) groups excluding carboxylic acids is 2. The molecule has 192 valence electrons. The van der Waals surface area contributed by atoms with E-state index in [2.05, 4.69) is 46.2 Å². The zero-order chi connectivity index (χ0) is 25.1. The van der Waals surface area contributed by atoms with E-state index in [1.165, 1.54) is 7.11 Å². The highest BCUT2D eigenvalue weighted by atomic mass is 28.4. The number of hydrogen-bond acceptors (Lipinski definition) is 6. The molecule has 1 saturated heterocycles. The first-order chi connectivity index (χ1) is 15.6. The SMILES string of the molecule is COC(=O)[C@H]1[C@@H]2C3(C)C(=O)O[C@]2(C[C@H](O[Si](C)(C)C)[C@@H]3O[Si](C)(C)C)[C@@H]2CCC3C[C@@]21CC3C. The molecule has 3 unspecified atom stereocenters. The maximum atomic E-state index is 13.9. The summed E-state index contributed by atoms with van der Waals surface area (Å²) in [7, 11) is -2.48. The van der Waals surface area contributed by atoms with Crippen LogP contribution in [-0.4, -0.2) is 53.5 Å². The Hall–Kier alpha value is -0.706. The Morgan fingerprint density at radius 3 is 2.24 bits per heavy atom. The Balaban J connectivity index is 1.70. The van der Waals surface area contributed by atoms with Gasteiger partial charge in [0.2, 0.25) is 0 Å². The molecule has 0 amide bonds. The topological polar surface area (TPSA) is 71.1 Å². The van der Waals surface area contributed by atoms with Crippen molar-refractivity contribution in [2.45, 2.75) is 103 Å².